The van der Waals surface area contributed by atoms with Crippen LogP contribution in [0.3, 0.4) is 0 Å². The van der Waals surface area contributed by atoms with Crippen LogP contribution in [0.15, 0.2) is 146 Å². The van der Waals surface area contributed by atoms with Gasteiger partial charge in [0.1, 0.15) is 50.6 Å². The van der Waals surface area contributed by atoms with Gasteiger partial charge >= 0.3 is 0 Å². The van der Waals surface area contributed by atoms with E-state index in [1.54, 1.807) is 48.5 Å². The van der Waals surface area contributed by atoms with E-state index in [2.05, 4.69) is 34.0 Å². The lowest BCUT2D eigenvalue weighted by atomic mass is 10.0. The second-order valence-corrected chi connectivity index (χ2v) is 14.3. The van der Waals surface area contributed by atoms with E-state index in [1.807, 2.05) is 105 Å². The molecule has 0 unspecified atom stereocenters. The van der Waals surface area contributed by atoms with Gasteiger partial charge in [0.25, 0.3) is 0 Å². The zero-order valence-electron chi connectivity index (χ0n) is 32.7. The molecule has 12 heteroatoms. The minimum Gasteiger partial charge on any atom is -0.291 e. The summed E-state index contributed by atoms with van der Waals surface area (Å²) in [5.74, 6) is 1.19. The van der Waals surface area contributed by atoms with Crippen LogP contribution in [-0.4, -0.2) is 28.7 Å². The number of benzene rings is 7. The van der Waals surface area contributed by atoms with Crippen LogP contribution in [0.5, 0.6) is 0 Å². The summed E-state index contributed by atoms with van der Waals surface area (Å²) in [7, 11) is 0. The Labute approximate surface area is 359 Å². The lowest BCUT2D eigenvalue weighted by Crippen LogP contribution is -2.01. The second-order valence-electron chi connectivity index (χ2n) is 14.3. The molecule has 0 aliphatic heterocycles. The molecule has 0 aliphatic rings. The highest BCUT2D eigenvalue weighted by atomic mass is 15.2. The summed E-state index contributed by atoms with van der Waals surface area (Å²) in [6.07, 6.45) is 0. The van der Waals surface area contributed by atoms with Gasteiger partial charge in [-0.05, 0) is 72.8 Å². The minimum absolute atomic E-state index is 0.219. The van der Waals surface area contributed by atoms with E-state index < -0.39 is 0 Å². The van der Waals surface area contributed by atoms with Gasteiger partial charge in [0.2, 0.25) is 0 Å². The molecule has 0 spiro atoms. The van der Waals surface area contributed by atoms with Crippen molar-refractivity contribution in [2.24, 2.45) is 0 Å². The normalized spacial score (nSPS) is 10.8. The fourth-order valence-corrected chi connectivity index (χ4v) is 8.11. The van der Waals surface area contributed by atoms with Crippen LogP contribution < -0.4 is 0 Å². The maximum absolute atomic E-state index is 10.6. The third kappa shape index (κ3) is 5.83. The van der Waals surface area contributed by atoms with Crippen molar-refractivity contribution >= 4 is 44.5 Å². The van der Waals surface area contributed by atoms with Crippen molar-refractivity contribution in [1.82, 2.24) is 28.7 Å². The largest absolute Gasteiger partial charge is 0.291 e. The number of hydrogen-bond acceptors (Lipinski definition) is 7. The topological polar surface area (TPSA) is 157 Å². The number of nitrogens with zero attached hydrogens (tertiary/aromatic N) is 12. The highest BCUT2D eigenvalue weighted by Crippen LogP contribution is 2.46. The maximum Gasteiger partial charge on any atom is 0.199 e. The summed E-state index contributed by atoms with van der Waals surface area (Å²) in [6.45, 7) is 15.9. The number of nitriles is 4. The maximum atomic E-state index is 10.6. The van der Waals surface area contributed by atoms with Gasteiger partial charge in [-0.2, -0.15) is 21.0 Å². The van der Waals surface area contributed by atoms with E-state index in [9.17, 15) is 21.0 Å². The molecule has 0 saturated heterocycles. The predicted molar refractivity (Wildman–Crippen MR) is 238 cm³/mol. The van der Waals surface area contributed by atoms with Gasteiger partial charge in [0, 0.05) is 39.3 Å². The number of hydrogen-bond donors (Lipinski definition) is 0. The summed E-state index contributed by atoms with van der Waals surface area (Å²) in [6, 6.07) is 52.3. The highest BCUT2D eigenvalue weighted by molar-refractivity contribution is 6.22. The Kier molecular flexibility index (Phi) is 8.81. The first-order valence-corrected chi connectivity index (χ1v) is 19.3. The fourth-order valence-electron chi connectivity index (χ4n) is 8.11. The van der Waals surface area contributed by atoms with Crippen LogP contribution in [0, 0.1) is 58.5 Å². The van der Waals surface area contributed by atoms with Gasteiger partial charge in [0.05, 0.1) is 54.1 Å². The molecule has 0 radical (unpaired) electrons. The second kappa shape index (κ2) is 14.9. The van der Waals surface area contributed by atoms with Gasteiger partial charge in [-0.15, -0.1) is 0 Å². The van der Waals surface area contributed by atoms with E-state index in [1.165, 1.54) is 6.07 Å². The van der Waals surface area contributed by atoms with Gasteiger partial charge in [0.15, 0.2) is 11.4 Å². The van der Waals surface area contributed by atoms with E-state index in [0.717, 1.165) is 0 Å². The van der Waals surface area contributed by atoms with Gasteiger partial charge < -0.3 is 0 Å². The van der Waals surface area contributed by atoms with Gasteiger partial charge in [-0.3, -0.25) is 13.7 Å². The first kappa shape index (κ1) is 37.2. The Balaban J connectivity index is 1.52. The summed E-state index contributed by atoms with van der Waals surface area (Å²) >= 11 is 0. The molecule has 3 heterocycles. The SMILES string of the molecule is [C-]#[N+]c1ccc(-c2nc3c(c4nc(-c5ccc(C#N)cc5C#N)n(-c5ccccc5)c4c4nc(-c5ccc(C#N)cc5[N+]#[C-])n(-c5ccccc5)c34)n2-c2ccccc2)c(C#N)c1. The average Bonchev–Trinajstić information content (AvgIpc) is 4.06. The number of imidazole rings is 3. The fraction of sp³-hybridized carbons (Fsp3) is 0. The first-order chi connectivity index (χ1) is 31.0. The van der Waals surface area contributed by atoms with Crippen molar-refractivity contribution in [2.75, 3.05) is 0 Å². The quantitative estimate of drug-likeness (QED) is 0.151. The van der Waals surface area contributed by atoms with Crippen LogP contribution in [-0.2, 0) is 0 Å². The Morgan fingerprint density at radius 2 is 0.810 bits per heavy atom. The van der Waals surface area contributed by atoms with Crippen molar-refractivity contribution in [3.63, 3.8) is 0 Å². The molecule has 0 atom stereocenters. The molecule has 0 N–H and O–H groups in total. The molecule has 7 aromatic carbocycles. The lowest BCUT2D eigenvalue weighted by molar-refractivity contribution is 1.10. The van der Waals surface area contributed by atoms with Crippen LogP contribution in [0.25, 0.3) is 94.0 Å². The average molecular weight is 805 g/mol. The van der Waals surface area contributed by atoms with Crippen molar-refractivity contribution in [2.45, 2.75) is 0 Å². The van der Waals surface area contributed by atoms with Crippen LogP contribution in [0.4, 0.5) is 11.4 Å². The van der Waals surface area contributed by atoms with Gasteiger partial charge in [-0.25, -0.2) is 24.6 Å². The zero-order valence-corrected chi connectivity index (χ0v) is 32.7. The first-order valence-electron chi connectivity index (χ1n) is 19.3. The summed E-state index contributed by atoms with van der Waals surface area (Å²) in [5, 5.41) is 40.7. The molecule has 10 aromatic rings. The van der Waals surface area contributed by atoms with Crippen molar-refractivity contribution in [3.8, 4) is 75.5 Å². The molecular formula is C51H24N12. The molecule has 0 aliphatic carbocycles. The van der Waals surface area contributed by atoms with E-state index >= 15 is 0 Å². The molecule has 63 heavy (non-hydrogen) atoms. The number of aromatic nitrogens is 6. The molecule has 12 nitrogen and oxygen atoms in total. The minimum atomic E-state index is 0.219. The molecule has 0 bridgehead atoms. The summed E-state index contributed by atoms with van der Waals surface area (Å²) in [5.41, 5.74) is 8.18. The molecule has 0 saturated carbocycles. The zero-order chi connectivity index (χ0) is 43.2. The number of para-hydroxylation sites is 3. The lowest BCUT2D eigenvalue weighted by Gasteiger charge is -2.13. The van der Waals surface area contributed by atoms with Crippen LogP contribution in [0.2, 0.25) is 0 Å². The van der Waals surface area contributed by atoms with E-state index in [4.69, 9.17) is 28.1 Å². The van der Waals surface area contributed by atoms with Crippen LogP contribution >= 0.6 is 0 Å². The Bertz CT molecular complexity index is 3370. The molecule has 10 rings (SSSR count). The molecule has 288 valence electrons. The Morgan fingerprint density at radius 1 is 0.413 bits per heavy atom. The molecule has 0 amide bonds. The standard InChI is InChI=1S/C51H24N12/c1-56-35-20-23-40(34(26-35)30-55)50-59-44-46(62(50)37-14-8-4-9-15-37)43-47(61(36-12-6-3-7-13-36)49(58-43)39-21-18-31(27-52)24-33(39)29-54)45-48(44)63(38-16-10-5-11-17-38)51(60-45)41-22-19-32(28-53)25-42(41)57-2/h3-26H. The van der Waals surface area contributed by atoms with E-state index in [0.29, 0.717) is 101 Å². The summed E-state index contributed by atoms with van der Waals surface area (Å²) in [4.78, 5) is 23.8. The Morgan fingerprint density at radius 3 is 1.22 bits per heavy atom. The molecular weight excluding hydrogens is 781 g/mol. The van der Waals surface area contributed by atoms with E-state index in [-0.39, 0.29) is 16.8 Å². The van der Waals surface area contributed by atoms with Crippen molar-refractivity contribution in [3.05, 3.63) is 191 Å². The monoisotopic (exact) mass is 804 g/mol. The molecule has 3 aromatic heterocycles. The smallest absolute Gasteiger partial charge is 0.199 e. The van der Waals surface area contributed by atoms with Gasteiger partial charge in [-0.1, -0.05) is 72.8 Å². The summed E-state index contributed by atoms with van der Waals surface area (Å²) < 4.78 is 5.86. The third-order valence-electron chi connectivity index (χ3n) is 10.8. The highest BCUT2D eigenvalue weighted by Gasteiger charge is 2.32. The molecule has 0 fully saturated rings. The Hall–Kier alpha value is -10.1. The van der Waals surface area contributed by atoms with Crippen molar-refractivity contribution < 1.29 is 0 Å². The number of rotatable bonds is 6. The third-order valence-corrected chi connectivity index (χ3v) is 10.8. The van der Waals surface area contributed by atoms with Crippen molar-refractivity contribution in [1.29, 1.82) is 21.0 Å². The predicted octanol–water partition coefficient (Wildman–Crippen LogP) is 11.3. The van der Waals surface area contributed by atoms with Crippen LogP contribution in [0.1, 0.15) is 22.3 Å². The number of fused-ring (bicyclic) bond motifs is 6.